The van der Waals surface area contributed by atoms with Crippen molar-refractivity contribution >= 4 is 28.7 Å². The van der Waals surface area contributed by atoms with E-state index in [4.69, 9.17) is 9.47 Å². The van der Waals surface area contributed by atoms with Crippen LogP contribution in [0.2, 0.25) is 0 Å². The van der Waals surface area contributed by atoms with Gasteiger partial charge in [0.1, 0.15) is 23.0 Å². The quantitative estimate of drug-likeness (QED) is 0.184. The third-order valence-corrected chi connectivity index (χ3v) is 10.6. The molecule has 1 atom stereocenters. The molecule has 2 nitrogen and oxygen atoms in total. The molecule has 0 spiro atoms. The number of allylic oxidation sites excluding steroid dienone is 14. The lowest BCUT2D eigenvalue weighted by atomic mass is 9.34. The highest BCUT2D eigenvalue weighted by Crippen LogP contribution is 2.50. The van der Waals surface area contributed by atoms with Crippen molar-refractivity contribution in [3.63, 3.8) is 0 Å². The van der Waals surface area contributed by atoms with Crippen LogP contribution < -0.4 is 25.9 Å². The zero-order chi connectivity index (χ0) is 32.1. The highest BCUT2D eigenvalue weighted by molar-refractivity contribution is 6.98. The van der Waals surface area contributed by atoms with Crippen LogP contribution in [0.3, 0.4) is 0 Å². The number of rotatable bonds is 3. The van der Waals surface area contributed by atoms with Crippen molar-refractivity contribution in [3.05, 3.63) is 166 Å². The van der Waals surface area contributed by atoms with Gasteiger partial charge in [-0.05, 0) is 109 Å². The molecular weight excluding hydrogens is 583 g/mol. The molecule has 0 aromatic heterocycles. The highest BCUT2D eigenvalue weighted by atomic mass is 16.5. The normalized spacial score (nSPS) is 19.1. The standard InChI is InChI=1S/C45H35BO2/c1-45(2,3)26-27-22-40-44-41(23-27)48-39-21-17-33(34-18-14-31-13-12-29-10-7-11-30-15-19-35(34)43(31)42(29)30)25-37(39)46(44)36-24-32(16-20-38(36)47-40)28-8-5-4-6-9-28/h4-13,15-25,42H,14,26H2,1-3H3. The van der Waals surface area contributed by atoms with Crippen molar-refractivity contribution in [2.75, 3.05) is 0 Å². The summed E-state index contributed by atoms with van der Waals surface area (Å²) in [7, 11) is 0. The summed E-state index contributed by atoms with van der Waals surface area (Å²) in [4.78, 5) is 0. The molecule has 2 aliphatic heterocycles. The lowest BCUT2D eigenvalue weighted by Gasteiger charge is -2.37. The molecule has 0 radical (unpaired) electrons. The number of benzene rings is 4. The van der Waals surface area contributed by atoms with Gasteiger partial charge in [-0.15, -0.1) is 0 Å². The first-order valence-corrected chi connectivity index (χ1v) is 17.2. The molecule has 1 unspecified atom stereocenters. The summed E-state index contributed by atoms with van der Waals surface area (Å²) in [5.74, 6) is 3.99. The first-order valence-electron chi connectivity index (χ1n) is 17.2. The van der Waals surface area contributed by atoms with Crippen LogP contribution in [0.1, 0.15) is 38.3 Å². The van der Waals surface area contributed by atoms with E-state index < -0.39 is 0 Å². The third-order valence-electron chi connectivity index (χ3n) is 10.6. The highest BCUT2D eigenvalue weighted by Gasteiger charge is 2.41. The molecule has 0 fully saturated rings. The van der Waals surface area contributed by atoms with Crippen LogP contribution in [-0.2, 0) is 6.42 Å². The number of fused-ring (bicyclic) bond motifs is 4. The summed E-state index contributed by atoms with van der Waals surface area (Å²) >= 11 is 0. The summed E-state index contributed by atoms with van der Waals surface area (Å²) in [6.45, 7) is 6.84. The fourth-order valence-electron chi connectivity index (χ4n) is 8.62. The molecule has 0 saturated carbocycles. The van der Waals surface area contributed by atoms with Crippen molar-refractivity contribution in [2.24, 2.45) is 11.3 Å². The molecule has 4 aromatic carbocycles. The molecule has 0 bridgehead atoms. The van der Waals surface area contributed by atoms with Gasteiger partial charge in [-0.1, -0.05) is 124 Å². The Kier molecular flexibility index (Phi) is 5.86. The fourth-order valence-corrected chi connectivity index (χ4v) is 8.62. The van der Waals surface area contributed by atoms with Gasteiger partial charge in [-0.2, -0.15) is 0 Å². The minimum atomic E-state index is -0.00349. The molecule has 4 aliphatic carbocycles. The van der Waals surface area contributed by atoms with E-state index in [1.165, 1.54) is 66.6 Å². The monoisotopic (exact) mass is 618 g/mol. The maximum absolute atomic E-state index is 6.81. The molecule has 230 valence electrons. The molecule has 0 saturated heterocycles. The van der Waals surface area contributed by atoms with Gasteiger partial charge >= 0.3 is 0 Å². The Labute approximate surface area is 282 Å². The average Bonchev–Trinajstić information content (AvgIpc) is 3.09. The van der Waals surface area contributed by atoms with Crippen LogP contribution >= 0.6 is 0 Å². The van der Waals surface area contributed by atoms with E-state index in [0.717, 1.165) is 41.3 Å². The summed E-state index contributed by atoms with van der Waals surface area (Å²) in [6.07, 6.45) is 20.3. The molecular formula is C45H35BO2. The van der Waals surface area contributed by atoms with Gasteiger partial charge in [-0.25, -0.2) is 0 Å². The first kappa shape index (κ1) is 27.8. The minimum Gasteiger partial charge on any atom is -0.458 e. The van der Waals surface area contributed by atoms with E-state index in [9.17, 15) is 0 Å². The van der Waals surface area contributed by atoms with E-state index >= 15 is 0 Å². The van der Waals surface area contributed by atoms with E-state index in [2.05, 4.69) is 148 Å². The first-order chi connectivity index (χ1) is 23.4. The smallest absolute Gasteiger partial charge is 0.260 e. The Morgan fingerprint density at radius 2 is 1.40 bits per heavy atom. The molecule has 10 rings (SSSR count). The predicted molar refractivity (Wildman–Crippen MR) is 198 cm³/mol. The summed E-state index contributed by atoms with van der Waals surface area (Å²) < 4.78 is 13.6. The van der Waals surface area contributed by atoms with Crippen LogP contribution in [-0.4, -0.2) is 6.71 Å². The average molecular weight is 619 g/mol. The molecule has 4 aromatic rings. The summed E-state index contributed by atoms with van der Waals surface area (Å²) in [6, 6.07) is 28.7. The Hall–Kier alpha value is -5.28. The van der Waals surface area contributed by atoms with E-state index in [-0.39, 0.29) is 12.1 Å². The maximum Gasteiger partial charge on any atom is 0.260 e. The van der Waals surface area contributed by atoms with Crippen LogP contribution in [0.15, 0.2) is 155 Å². The second-order valence-electron chi connectivity index (χ2n) is 15.1. The second-order valence-corrected chi connectivity index (χ2v) is 15.1. The largest absolute Gasteiger partial charge is 0.458 e. The topological polar surface area (TPSA) is 18.5 Å². The number of ether oxygens (including phenoxy) is 2. The summed E-state index contributed by atoms with van der Waals surface area (Å²) in [5.41, 5.74) is 16.9. The number of hydrogen-bond donors (Lipinski definition) is 0. The van der Waals surface area contributed by atoms with Crippen molar-refractivity contribution in [1.29, 1.82) is 0 Å². The molecule has 3 heteroatoms. The lowest BCUT2D eigenvalue weighted by molar-refractivity contribution is 0.407. The lowest BCUT2D eigenvalue weighted by Crippen LogP contribution is -2.57. The molecule has 0 N–H and O–H groups in total. The van der Waals surface area contributed by atoms with Gasteiger partial charge in [0.05, 0.1) is 0 Å². The van der Waals surface area contributed by atoms with Gasteiger partial charge < -0.3 is 9.47 Å². The molecule has 0 amide bonds. The van der Waals surface area contributed by atoms with Crippen molar-refractivity contribution < 1.29 is 9.47 Å². The Morgan fingerprint density at radius 1 is 0.688 bits per heavy atom. The Balaban J connectivity index is 1.14. The van der Waals surface area contributed by atoms with Gasteiger partial charge in [0.2, 0.25) is 0 Å². The molecule has 2 heterocycles. The maximum atomic E-state index is 6.81. The van der Waals surface area contributed by atoms with Crippen molar-refractivity contribution in [1.82, 2.24) is 0 Å². The fraction of sp³-hybridized carbons (Fsp3) is 0.156. The minimum absolute atomic E-state index is 0.00349. The molecule has 6 aliphatic rings. The van der Waals surface area contributed by atoms with E-state index in [1.807, 2.05) is 0 Å². The van der Waals surface area contributed by atoms with Gasteiger partial charge in [0, 0.05) is 11.4 Å². The Bertz CT molecular complexity index is 2300. The van der Waals surface area contributed by atoms with Crippen molar-refractivity contribution in [3.8, 4) is 34.1 Å². The van der Waals surface area contributed by atoms with Crippen LogP contribution in [0, 0.1) is 11.3 Å². The zero-order valence-electron chi connectivity index (χ0n) is 27.5. The molecule has 48 heavy (non-hydrogen) atoms. The second kappa shape index (κ2) is 10.1. The van der Waals surface area contributed by atoms with Crippen LogP contribution in [0.25, 0.3) is 16.7 Å². The predicted octanol–water partition coefficient (Wildman–Crippen LogP) is 9.30. The van der Waals surface area contributed by atoms with E-state index in [0.29, 0.717) is 5.92 Å². The zero-order valence-corrected chi connectivity index (χ0v) is 27.5. The van der Waals surface area contributed by atoms with Crippen molar-refractivity contribution in [2.45, 2.75) is 33.6 Å². The van der Waals surface area contributed by atoms with Gasteiger partial charge in [0.25, 0.3) is 6.71 Å². The van der Waals surface area contributed by atoms with Gasteiger partial charge in [0.15, 0.2) is 0 Å². The van der Waals surface area contributed by atoms with Crippen LogP contribution in [0.5, 0.6) is 23.0 Å². The third kappa shape index (κ3) is 4.27. The SMILES string of the molecule is CC(C)(C)Cc1cc2c3c(c1)Oc1ccc(-c4ccccc4)cc1B3c1cc(C3=CCC4=CC=C5C=CC=C6C=CC3=C4C65)ccc1O2. The van der Waals surface area contributed by atoms with Gasteiger partial charge in [-0.3, -0.25) is 0 Å². The number of hydrogen-bond acceptors (Lipinski definition) is 2. The van der Waals surface area contributed by atoms with Crippen LogP contribution in [0.4, 0.5) is 0 Å². The Morgan fingerprint density at radius 3 is 2.15 bits per heavy atom. The van der Waals surface area contributed by atoms with E-state index in [1.54, 1.807) is 0 Å². The summed E-state index contributed by atoms with van der Waals surface area (Å²) in [5, 5.41) is 0.